The van der Waals surface area contributed by atoms with E-state index < -0.39 is 35.8 Å². The highest BCUT2D eigenvalue weighted by Crippen LogP contribution is 2.15. The first kappa shape index (κ1) is 26.2. The molecule has 0 aromatic rings. The summed E-state index contributed by atoms with van der Waals surface area (Å²) in [5.41, 5.74) is -2.25. The van der Waals surface area contributed by atoms with E-state index in [1.807, 2.05) is 0 Å². The van der Waals surface area contributed by atoms with Crippen molar-refractivity contribution >= 4 is 40.7 Å². The maximum absolute atomic E-state index is 10.7. The Morgan fingerprint density at radius 1 is 0.864 bits per heavy atom. The van der Waals surface area contributed by atoms with E-state index in [0.717, 1.165) is 0 Å². The number of halogens is 2. The molecule has 0 atom stereocenters. The van der Waals surface area contributed by atoms with E-state index in [2.05, 4.69) is 0 Å². The minimum absolute atomic E-state index is 0.194. The van der Waals surface area contributed by atoms with Crippen LogP contribution in [-0.2, 0) is 14.4 Å². The molecule has 0 saturated heterocycles. The van der Waals surface area contributed by atoms with Crippen LogP contribution in [0.1, 0.15) is 27.7 Å². The Labute approximate surface area is 139 Å². The van der Waals surface area contributed by atoms with Crippen LogP contribution in [0.2, 0.25) is 0 Å². The molecule has 4 N–H and O–H groups in total. The number of aliphatic hydroxyl groups is 3. The number of carboxylic acids is 1. The van der Waals surface area contributed by atoms with Gasteiger partial charge in [0.25, 0.3) is 0 Å². The minimum atomic E-state index is -1.46. The van der Waals surface area contributed by atoms with E-state index in [1.54, 1.807) is 13.8 Å². The molecule has 0 heterocycles. The lowest BCUT2D eigenvalue weighted by Crippen LogP contribution is -2.35. The molecule has 0 radical (unpaired) electrons. The van der Waals surface area contributed by atoms with Gasteiger partial charge in [-0.05, 0) is 13.8 Å². The molecule has 0 aliphatic rings. The van der Waals surface area contributed by atoms with Gasteiger partial charge >= 0.3 is 5.97 Å². The van der Waals surface area contributed by atoms with Crippen molar-refractivity contribution in [2.24, 2.45) is 10.8 Å². The third kappa shape index (κ3) is 10.9. The average Bonchev–Trinajstić information content (AvgIpc) is 2.46. The Hall–Kier alpha value is -0.730. The standard InChI is InChI=1S/C6H10O4.C6H12O3.CH2Cl2/c1-6(2,5(9)10)4(8)3-7;1-6(2,4-8)5(9)3-7;2-1-3/h7H,3H2,1-2H3,(H,9,10);7-8H,3-4H2,1-2H3;1H2. The van der Waals surface area contributed by atoms with Gasteiger partial charge in [0, 0.05) is 5.41 Å². The summed E-state index contributed by atoms with van der Waals surface area (Å²) in [5, 5.41) is 33.8. The molecule has 0 aliphatic carbocycles. The van der Waals surface area contributed by atoms with E-state index in [0.29, 0.717) is 0 Å². The summed E-state index contributed by atoms with van der Waals surface area (Å²) < 4.78 is 0. The highest BCUT2D eigenvalue weighted by molar-refractivity contribution is 6.40. The van der Waals surface area contributed by atoms with Crippen molar-refractivity contribution in [3.05, 3.63) is 0 Å². The molecule has 0 amide bonds. The smallest absolute Gasteiger partial charge is 0.316 e. The number of hydrogen-bond donors (Lipinski definition) is 4. The number of rotatable bonds is 6. The van der Waals surface area contributed by atoms with Crippen molar-refractivity contribution in [2.45, 2.75) is 27.7 Å². The number of alkyl halides is 2. The first-order chi connectivity index (χ1) is 9.88. The second kappa shape index (κ2) is 12.8. The van der Waals surface area contributed by atoms with E-state index in [1.165, 1.54) is 13.8 Å². The van der Waals surface area contributed by atoms with Crippen LogP contribution in [0, 0.1) is 10.8 Å². The van der Waals surface area contributed by atoms with Gasteiger partial charge in [0.05, 0.1) is 11.9 Å². The van der Waals surface area contributed by atoms with Crippen LogP contribution >= 0.6 is 23.2 Å². The highest BCUT2D eigenvalue weighted by atomic mass is 35.5. The fourth-order valence-corrected chi connectivity index (χ4v) is 0.619. The summed E-state index contributed by atoms with van der Waals surface area (Å²) in [5.74, 6) is -2.23. The van der Waals surface area contributed by atoms with E-state index >= 15 is 0 Å². The molecule has 0 spiro atoms. The maximum atomic E-state index is 10.7. The first-order valence-corrected chi connectivity index (χ1v) is 7.20. The topological polar surface area (TPSA) is 132 Å². The molecule has 0 aromatic carbocycles. The fourth-order valence-electron chi connectivity index (χ4n) is 0.619. The summed E-state index contributed by atoms with van der Waals surface area (Å²) in [6.07, 6.45) is 0. The van der Waals surface area contributed by atoms with E-state index in [4.69, 9.17) is 43.6 Å². The third-order valence-electron chi connectivity index (χ3n) is 2.67. The SMILES string of the molecule is CC(C)(C(=O)O)C(=O)CO.CC(C)(CO)C(=O)CO.ClCCl. The zero-order chi connectivity index (χ0) is 18.6. The number of carbonyl (C=O) groups excluding carboxylic acids is 2. The summed E-state index contributed by atoms with van der Waals surface area (Å²) in [7, 11) is 0. The Balaban J connectivity index is -0.000000279. The third-order valence-corrected chi connectivity index (χ3v) is 2.67. The van der Waals surface area contributed by atoms with Crippen molar-refractivity contribution < 1.29 is 34.8 Å². The number of aliphatic hydroxyl groups excluding tert-OH is 3. The predicted octanol–water partition coefficient (Wildman–Crippen LogP) is 0.646. The summed E-state index contributed by atoms with van der Waals surface area (Å²) in [4.78, 5) is 31.6. The summed E-state index contributed by atoms with van der Waals surface area (Å²) >= 11 is 9.53. The number of Topliss-reactive ketones (excluding diaryl/α,β-unsaturated/α-hetero) is 2. The molecule has 0 aromatic heterocycles. The second-order valence-corrected chi connectivity index (χ2v) is 6.04. The maximum Gasteiger partial charge on any atom is 0.316 e. The fraction of sp³-hybridized carbons (Fsp3) is 0.769. The van der Waals surface area contributed by atoms with E-state index in [-0.39, 0.29) is 17.7 Å². The van der Waals surface area contributed by atoms with Crippen molar-refractivity contribution in [1.82, 2.24) is 0 Å². The van der Waals surface area contributed by atoms with Gasteiger partial charge in [-0.25, -0.2) is 0 Å². The van der Waals surface area contributed by atoms with Gasteiger partial charge in [0.15, 0.2) is 11.6 Å². The van der Waals surface area contributed by atoms with E-state index in [9.17, 15) is 14.4 Å². The lowest BCUT2D eigenvalue weighted by atomic mass is 9.89. The first-order valence-electron chi connectivity index (χ1n) is 6.13. The zero-order valence-corrected chi connectivity index (χ0v) is 14.6. The molecular formula is C13H24Cl2O7. The van der Waals surface area contributed by atoms with Crippen LogP contribution in [-0.4, -0.2) is 63.1 Å². The molecule has 9 heteroatoms. The van der Waals surface area contributed by atoms with Gasteiger partial charge in [-0.2, -0.15) is 0 Å². The van der Waals surface area contributed by atoms with Crippen LogP contribution in [0.5, 0.6) is 0 Å². The number of aliphatic carboxylic acids is 1. The van der Waals surface area contributed by atoms with Gasteiger partial charge in [-0.3, -0.25) is 14.4 Å². The lowest BCUT2D eigenvalue weighted by Gasteiger charge is -2.17. The van der Waals surface area contributed by atoms with Crippen LogP contribution in [0.3, 0.4) is 0 Å². The molecule has 0 unspecified atom stereocenters. The number of carboxylic acid groups (broad SMARTS) is 1. The summed E-state index contributed by atoms with van der Waals surface area (Å²) in [6, 6.07) is 0. The Morgan fingerprint density at radius 2 is 1.18 bits per heavy atom. The van der Waals surface area contributed by atoms with Gasteiger partial charge in [0.2, 0.25) is 0 Å². The molecule has 0 aliphatic heterocycles. The minimum Gasteiger partial charge on any atom is -0.481 e. The number of ketones is 2. The predicted molar refractivity (Wildman–Crippen MR) is 83.0 cm³/mol. The van der Waals surface area contributed by atoms with Crippen molar-refractivity contribution in [3.63, 3.8) is 0 Å². The molecule has 22 heavy (non-hydrogen) atoms. The Kier molecular flexibility index (Phi) is 15.2. The van der Waals surface area contributed by atoms with Crippen LogP contribution < -0.4 is 0 Å². The van der Waals surface area contributed by atoms with Crippen LogP contribution in [0.15, 0.2) is 0 Å². The monoisotopic (exact) mass is 362 g/mol. The average molecular weight is 363 g/mol. The Bertz CT molecular complexity index is 354. The summed E-state index contributed by atoms with van der Waals surface area (Å²) in [6.45, 7) is 4.26. The molecule has 7 nitrogen and oxygen atoms in total. The van der Waals surface area contributed by atoms with Gasteiger partial charge in [-0.15, -0.1) is 23.2 Å². The molecule has 0 bridgehead atoms. The largest absolute Gasteiger partial charge is 0.481 e. The van der Waals surface area contributed by atoms with Crippen LogP contribution in [0.25, 0.3) is 0 Å². The quantitative estimate of drug-likeness (QED) is 0.402. The molecule has 132 valence electrons. The lowest BCUT2D eigenvalue weighted by molar-refractivity contribution is -0.153. The van der Waals surface area contributed by atoms with Crippen molar-refractivity contribution in [3.8, 4) is 0 Å². The number of hydrogen-bond acceptors (Lipinski definition) is 6. The van der Waals surface area contributed by atoms with Gasteiger partial charge in [-0.1, -0.05) is 13.8 Å². The van der Waals surface area contributed by atoms with Gasteiger partial charge < -0.3 is 20.4 Å². The highest BCUT2D eigenvalue weighted by Gasteiger charge is 2.34. The molecule has 0 fully saturated rings. The van der Waals surface area contributed by atoms with Crippen molar-refractivity contribution in [1.29, 1.82) is 0 Å². The molecular weight excluding hydrogens is 339 g/mol. The molecule has 0 rings (SSSR count). The second-order valence-electron chi connectivity index (χ2n) is 5.24. The van der Waals surface area contributed by atoms with Crippen LogP contribution in [0.4, 0.5) is 0 Å². The number of carbonyl (C=O) groups is 3. The Morgan fingerprint density at radius 3 is 1.27 bits per heavy atom. The van der Waals surface area contributed by atoms with Gasteiger partial charge in [0.1, 0.15) is 18.6 Å². The molecule has 0 saturated carbocycles. The zero-order valence-electron chi connectivity index (χ0n) is 13.1. The van der Waals surface area contributed by atoms with Crippen molar-refractivity contribution in [2.75, 3.05) is 25.2 Å². The normalized spacial score (nSPS) is 10.6.